The Bertz CT molecular complexity index is 777. The summed E-state index contributed by atoms with van der Waals surface area (Å²) in [6.45, 7) is 5.80. The average molecular weight is 272 g/mol. The number of rotatable bonds is 1. The summed E-state index contributed by atoms with van der Waals surface area (Å²) < 4.78 is 14.0. The maximum atomic E-state index is 14.0. The normalized spacial score (nSPS) is 11.2. The molecule has 0 saturated heterocycles. The summed E-state index contributed by atoms with van der Waals surface area (Å²) in [5.74, 6) is -0.268. The van der Waals surface area contributed by atoms with Crippen molar-refractivity contribution in [2.24, 2.45) is 0 Å². The zero-order chi connectivity index (χ0) is 13.6. The summed E-state index contributed by atoms with van der Waals surface area (Å²) in [7, 11) is 0. The molecule has 1 aromatic carbocycles. The monoisotopic (exact) mass is 272 g/mol. The molecular formula is C15H13FN2S. The molecule has 3 rings (SSSR count). The molecule has 0 N–H and O–H groups in total. The fourth-order valence-corrected chi connectivity index (χ4v) is 3.12. The van der Waals surface area contributed by atoms with Gasteiger partial charge in [0.25, 0.3) is 0 Å². The van der Waals surface area contributed by atoms with Gasteiger partial charge >= 0.3 is 0 Å². The first-order valence-electron chi connectivity index (χ1n) is 6.06. The maximum Gasteiger partial charge on any atom is 0.149 e. The van der Waals surface area contributed by atoms with Crippen LogP contribution in [0.3, 0.4) is 0 Å². The minimum absolute atomic E-state index is 0.268. The lowest BCUT2D eigenvalue weighted by molar-refractivity contribution is 0.636. The second-order valence-corrected chi connectivity index (χ2v) is 5.87. The lowest BCUT2D eigenvalue weighted by atomic mass is 10.1. The van der Waals surface area contributed by atoms with Gasteiger partial charge in [0, 0.05) is 5.39 Å². The number of aromatic nitrogens is 2. The summed E-state index contributed by atoms with van der Waals surface area (Å²) >= 11 is 1.59. The summed E-state index contributed by atoms with van der Waals surface area (Å²) in [6.07, 6.45) is 0. The van der Waals surface area contributed by atoms with Crippen LogP contribution in [0.1, 0.15) is 16.3 Å². The summed E-state index contributed by atoms with van der Waals surface area (Å²) in [5.41, 5.74) is 3.07. The third-order valence-corrected chi connectivity index (χ3v) is 4.12. The minimum Gasteiger partial charge on any atom is -0.246 e. The van der Waals surface area contributed by atoms with Crippen LogP contribution in [0.15, 0.2) is 24.3 Å². The van der Waals surface area contributed by atoms with Crippen molar-refractivity contribution in [3.63, 3.8) is 0 Å². The van der Waals surface area contributed by atoms with Crippen LogP contribution < -0.4 is 0 Å². The molecule has 0 radical (unpaired) electrons. The van der Waals surface area contributed by atoms with Gasteiger partial charge in [0.2, 0.25) is 0 Å². The maximum absolute atomic E-state index is 14.0. The standard InChI is InChI=1S/C15H13FN2S/c1-8-6-11-4-5-13(18-14(11)12(16)7-8)15-9(2)17-10(3)19-15/h4-7H,1-3H3. The fraction of sp³-hybridized carbons (Fsp3) is 0.200. The zero-order valence-electron chi connectivity index (χ0n) is 11.0. The molecule has 3 aromatic rings. The lowest BCUT2D eigenvalue weighted by Gasteiger charge is -2.04. The predicted octanol–water partition coefficient (Wildman–Crippen LogP) is 4.42. The molecule has 2 aromatic heterocycles. The van der Waals surface area contributed by atoms with E-state index in [1.165, 1.54) is 6.07 Å². The molecule has 2 heterocycles. The van der Waals surface area contributed by atoms with E-state index in [1.54, 1.807) is 11.3 Å². The molecule has 2 nitrogen and oxygen atoms in total. The third kappa shape index (κ3) is 2.12. The van der Waals surface area contributed by atoms with Gasteiger partial charge < -0.3 is 0 Å². The van der Waals surface area contributed by atoms with E-state index >= 15 is 0 Å². The van der Waals surface area contributed by atoms with Crippen molar-refractivity contribution in [1.82, 2.24) is 9.97 Å². The molecule has 0 amide bonds. The SMILES string of the molecule is Cc1cc(F)c2nc(-c3sc(C)nc3C)ccc2c1. The Hall–Kier alpha value is -1.81. The number of nitrogens with zero attached hydrogens (tertiary/aromatic N) is 2. The number of hydrogen-bond donors (Lipinski definition) is 0. The van der Waals surface area contributed by atoms with Crippen LogP contribution in [-0.2, 0) is 0 Å². The van der Waals surface area contributed by atoms with Crippen LogP contribution >= 0.6 is 11.3 Å². The Morgan fingerprint density at radius 3 is 2.53 bits per heavy atom. The van der Waals surface area contributed by atoms with Crippen LogP contribution in [0.4, 0.5) is 4.39 Å². The fourth-order valence-electron chi connectivity index (χ4n) is 2.23. The van der Waals surface area contributed by atoms with Crippen LogP contribution in [-0.4, -0.2) is 9.97 Å². The topological polar surface area (TPSA) is 25.8 Å². The van der Waals surface area contributed by atoms with Gasteiger partial charge in [-0.25, -0.2) is 14.4 Å². The third-order valence-electron chi connectivity index (χ3n) is 3.03. The Morgan fingerprint density at radius 1 is 1.05 bits per heavy atom. The van der Waals surface area contributed by atoms with Gasteiger partial charge in [0.05, 0.1) is 21.3 Å². The molecule has 0 fully saturated rings. The predicted molar refractivity (Wildman–Crippen MR) is 77.0 cm³/mol. The summed E-state index contributed by atoms with van der Waals surface area (Å²) in [5, 5.41) is 1.83. The zero-order valence-corrected chi connectivity index (χ0v) is 11.8. The Morgan fingerprint density at radius 2 is 1.84 bits per heavy atom. The van der Waals surface area contributed by atoms with Gasteiger partial charge in [-0.1, -0.05) is 6.07 Å². The number of fused-ring (bicyclic) bond motifs is 1. The molecule has 0 bridgehead atoms. The van der Waals surface area contributed by atoms with Crippen molar-refractivity contribution >= 4 is 22.2 Å². The molecule has 19 heavy (non-hydrogen) atoms. The first-order valence-corrected chi connectivity index (χ1v) is 6.87. The highest BCUT2D eigenvalue weighted by molar-refractivity contribution is 7.15. The number of aryl methyl sites for hydroxylation is 3. The quantitative estimate of drug-likeness (QED) is 0.655. The van der Waals surface area contributed by atoms with Crippen molar-refractivity contribution in [3.05, 3.63) is 46.3 Å². The van der Waals surface area contributed by atoms with Crippen molar-refractivity contribution in [3.8, 4) is 10.6 Å². The lowest BCUT2D eigenvalue weighted by Crippen LogP contribution is -1.89. The van der Waals surface area contributed by atoms with E-state index in [0.29, 0.717) is 5.52 Å². The molecule has 0 unspecified atom stereocenters. The largest absolute Gasteiger partial charge is 0.246 e. The number of benzene rings is 1. The van der Waals surface area contributed by atoms with Crippen molar-refractivity contribution in [2.75, 3.05) is 0 Å². The van der Waals surface area contributed by atoms with E-state index in [-0.39, 0.29) is 5.82 Å². The van der Waals surface area contributed by atoms with Gasteiger partial charge in [-0.2, -0.15) is 0 Å². The molecule has 0 aliphatic rings. The van der Waals surface area contributed by atoms with Gasteiger partial charge in [-0.3, -0.25) is 0 Å². The molecule has 4 heteroatoms. The van der Waals surface area contributed by atoms with E-state index in [2.05, 4.69) is 9.97 Å². The van der Waals surface area contributed by atoms with E-state index in [9.17, 15) is 4.39 Å². The smallest absolute Gasteiger partial charge is 0.149 e. The molecule has 0 atom stereocenters. The first-order chi connectivity index (χ1) is 9.04. The van der Waals surface area contributed by atoms with Gasteiger partial charge in [0.15, 0.2) is 0 Å². The highest BCUT2D eigenvalue weighted by Gasteiger charge is 2.11. The van der Waals surface area contributed by atoms with Crippen LogP contribution in [0.25, 0.3) is 21.5 Å². The number of hydrogen-bond acceptors (Lipinski definition) is 3. The Labute approximate surface area is 115 Å². The molecule has 0 aliphatic heterocycles. The van der Waals surface area contributed by atoms with Gasteiger partial charge in [0.1, 0.15) is 11.3 Å². The Balaban J connectivity index is 2.24. The highest BCUT2D eigenvalue weighted by Crippen LogP contribution is 2.30. The molecule has 0 aliphatic carbocycles. The molecular weight excluding hydrogens is 259 g/mol. The highest BCUT2D eigenvalue weighted by atomic mass is 32.1. The molecule has 96 valence electrons. The van der Waals surface area contributed by atoms with Gasteiger partial charge in [-0.05, 0) is 44.5 Å². The summed E-state index contributed by atoms with van der Waals surface area (Å²) in [6, 6.07) is 7.31. The Kier molecular flexibility index (Phi) is 2.82. The van der Waals surface area contributed by atoms with Crippen molar-refractivity contribution in [2.45, 2.75) is 20.8 Å². The number of thiazole rings is 1. The second-order valence-electron chi connectivity index (χ2n) is 4.66. The van der Waals surface area contributed by atoms with Crippen LogP contribution in [0.5, 0.6) is 0 Å². The average Bonchev–Trinajstić information content (AvgIpc) is 2.68. The van der Waals surface area contributed by atoms with E-state index in [4.69, 9.17) is 0 Å². The van der Waals surface area contributed by atoms with Gasteiger partial charge in [-0.15, -0.1) is 11.3 Å². The minimum atomic E-state index is -0.268. The van der Waals surface area contributed by atoms with Crippen molar-refractivity contribution in [1.29, 1.82) is 0 Å². The molecule has 0 spiro atoms. The number of halogens is 1. The van der Waals surface area contributed by atoms with E-state index in [0.717, 1.165) is 32.2 Å². The number of pyridine rings is 1. The van der Waals surface area contributed by atoms with Crippen LogP contribution in [0.2, 0.25) is 0 Å². The second kappa shape index (κ2) is 4.38. The van der Waals surface area contributed by atoms with Crippen molar-refractivity contribution < 1.29 is 4.39 Å². The van der Waals surface area contributed by atoms with Crippen LogP contribution in [0, 0.1) is 26.6 Å². The van der Waals surface area contributed by atoms with E-state index < -0.39 is 0 Å². The molecule has 0 saturated carbocycles. The van der Waals surface area contributed by atoms with E-state index in [1.807, 2.05) is 39.0 Å². The summed E-state index contributed by atoms with van der Waals surface area (Å²) in [4.78, 5) is 9.86. The first kappa shape index (κ1) is 12.2.